The number of aromatic carboxylic acids is 1. The molecule has 6 aromatic heterocycles. The molecule has 0 spiro atoms. The quantitative estimate of drug-likeness (QED) is 0.124. The fourth-order valence-corrected chi connectivity index (χ4v) is 7.84. The summed E-state index contributed by atoms with van der Waals surface area (Å²) in [5.41, 5.74) is 0.551. The lowest BCUT2D eigenvalue weighted by molar-refractivity contribution is 0.0600. The normalized spacial score (nSPS) is 11.3. The molecule has 0 aliphatic rings. The summed E-state index contributed by atoms with van der Waals surface area (Å²) in [6.07, 6.45) is 10.9. The number of benzene rings is 4. The lowest BCUT2D eigenvalue weighted by Crippen LogP contribution is -2.25. The number of carboxylic acids is 1. The number of carbonyl (C=O) groups is 2. The van der Waals surface area contributed by atoms with Crippen molar-refractivity contribution in [2.75, 3.05) is 7.11 Å². The van der Waals surface area contributed by atoms with Crippen LogP contribution in [0, 0.1) is 23.3 Å². The van der Waals surface area contributed by atoms with Crippen LogP contribution < -0.4 is 11.1 Å². The molecule has 20 heteroatoms. The van der Waals surface area contributed by atoms with Gasteiger partial charge in [0.1, 0.15) is 45.4 Å². The monoisotopic (exact) mass is 908 g/mol. The van der Waals surface area contributed by atoms with E-state index in [4.69, 9.17) is 4.74 Å². The summed E-state index contributed by atoms with van der Waals surface area (Å²) in [7, 11) is 4.70. The van der Waals surface area contributed by atoms with E-state index in [1.54, 1.807) is 66.2 Å². The van der Waals surface area contributed by atoms with E-state index in [0.717, 1.165) is 26.1 Å². The van der Waals surface area contributed by atoms with Crippen molar-refractivity contribution in [2.24, 2.45) is 14.1 Å². The number of nitrogens with zero attached hydrogens (tertiary/aromatic N) is 10. The van der Waals surface area contributed by atoms with Crippen LogP contribution in [0.3, 0.4) is 0 Å². The highest BCUT2D eigenvalue weighted by atomic mass is 19.1. The number of halogens is 4. The molecule has 16 nitrogen and oxygen atoms in total. The Bertz CT molecular complexity index is 3740. The molecule has 0 aliphatic heterocycles. The maximum Gasteiger partial charge on any atom is 0.341 e. The van der Waals surface area contributed by atoms with E-state index >= 15 is 17.6 Å². The summed E-state index contributed by atoms with van der Waals surface area (Å²) in [5, 5.41) is 19.6. The van der Waals surface area contributed by atoms with Gasteiger partial charge >= 0.3 is 11.9 Å². The number of hydrogen-bond donors (Lipinski definition) is 1. The molecular formula is C47H32F4N10O6. The van der Waals surface area contributed by atoms with Gasteiger partial charge in [0.25, 0.3) is 11.1 Å². The first-order valence-corrected chi connectivity index (χ1v) is 20.0. The van der Waals surface area contributed by atoms with Gasteiger partial charge in [0, 0.05) is 85.6 Å². The molecule has 10 rings (SSSR count). The average Bonchev–Trinajstić information content (AvgIpc) is 3.90. The summed E-state index contributed by atoms with van der Waals surface area (Å²) < 4.78 is 70.4. The molecule has 0 saturated heterocycles. The Morgan fingerprint density at radius 1 is 0.582 bits per heavy atom. The van der Waals surface area contributed by atoms with E-state index in [-0.39, 0.29) is 44.3 Å². The van der Waals surface area contributed by atoms with Gasteiger partial charge in [-0.05, 0) is 58.7 Å². The van der Waals surface area contributed by atoms with Gasteiger partial charge in [-0.25, -0.2) is 37.1 Å². The van der Waals surface area contributed by atoms with Crippen molar-refractivity contribution >= 4 is 55.8 Å². The zero-order chi connectivity index (χ0) is 47.3. The topological polar surface area (TPSA) is 195 Å². The Morgan fingerprint density at radius 3 is 1.37 bits per heavy atom. The number of esters is 1. The molecule has 0 unspecified atom stereocenters. The second-order valence-corrected chi connectivity index (χ2v) is 15.2. The maximum atomic E-state index is 15.2. The van der Waals surface area contributed by atoms with Crippen LogP contribution in [0.4, 0.5) is 17.6 Å². The minimum atomic E-state index is -1.34. The van der Waals surface area contributed by atoms with Gasteiger partial charge in [-0.2, -0.15) is 10.2 Å². The predicted octanol–water partition coefficient (Wildman–Crippen LogP) is 6.83. The van der Waals surface area contributed by atoms with E-state index in [1.165, 1.54) is 62.4 Å². The summed E-state index contributed by atoms with van der Waals surface area (Å²) in [6.45, 7) is -0.967. The van der Waals surface area contributed by atoms with Crippen molar-refractivity contribution in [2.45, 2.75) is 13.1 Å². The van der Waals surface area contributed by atoms with E-state index in [2.05, 4.69) is 30.1 Å². The molecule has 0 amide bonds. The first-order chi connectivity index (χ1) is 32.2. The van der Waals surface area contributed by atoms with Gasteiger partial charge in [0.05, 0.1) is 31.2 Å². The molecule has 0 atom stereocenters. The van der Waals surface area contributed by atoms with E-state index in [9.17, 15) is 24.3 Å². The van der Waals surface area contributed by atoms with Crippen molar-refractivity contribution < 1.29 is 37.0 Å². The van der Waals surface area contributed by atoms with Crippen molar-refractivity contribution in [3.05, 3.63) is 176 Å². The van der Waals surface area contributed by atoms with Crippen LogP contribution in [0.1, 0.15) is 31.8 Å². The van der Waals surface area contributed by atoms with Gasteiger partial charge in [0.15, 0.2) is 11.0 Å². The molecule has 10 aromatic rings. The highest BCUT2D eigenvalue weighted by Gasteiger charge is 2.22. The number of aromatic nitrogens is 10. The molecule has 0 fully saturated rings. The van der Waals surface area contributed by atoms with Crippen molar-refractivity contribution in [3.63, 3.8) is 0 Å². The molecule has 4 aromatic carbocycles. The van der Waals surface area contributed by atoms with Gasteiger partial charge in [-0.1, -0.05) is 24.3 Å². The molecule has 0 saturated carbocycles. The zero-order valence-corrected chi connectivity index (χ0v) is 35.3. The standard InChI is InChI=1S/C24H17F2N5O3.C23H15F2N5O3/c1-30-10-15-14(4-3-5-20(15)29-30)13-8-18(25)16(19(26)9-13)11-31-12-17(24(33)34-2)21-22(23(31)32)28-7-6-27-21;1-29-9-14-13(3-2-4-19(14)28-29)12-7-17(24)15(18(25)8-12)10-30-11-16(23(32)33)20-21(22(30)31)27-6-5-26-20/h3-10,12H,11H2,1-2H3;2-9,11H,10H2,1H3,(H,32,33). The fraction of sp³-hybridized carbons (Fsp3) is 0.106. The van der Waals surface area contributed by atoms with Crippen LogP contribution in [0.2, 0.25) is 0 Å². The van der Waals surface area contributed by atoms with Crippen LogP contribution in [0.5, 0.6) is 0 Å². The van der Waals surface area contributed by atoms with Gasteiger partial charge < -0.3 is 19.0 Å². The third kappa shape index (κ3) is 8.00. The van der Waals surface area contributed by atoms with Gasteiger partial charge in [-0.3, -0.25) is 28.9 Å². The Labute approximate surface area is 373 Å². The molecule has 0 bridgehead atoms. The summed E-state index contributed by atoms with van der Waals surface area (Å²) in [4.78, 5) is 65.4. The number of methoxy groups -OCH3 is 1. The molecule has 0 aliphatic carbocycles. The minimum Gasteiger partial charge on any atom is -0.478 e. The second kappa shape index (κ2) is 17.2. The number of carboxylic acid groups (broad SMARTS) is 1. The van der Waals surface area contributed by atoms with Crippen LogP contribution in [0.25, 0.3) is 66.1 Å². The molecular weight excluding hydrogens is 877 g/mol. The third-order valence-electron chi connectivity index (χ3n) is 10.9. The summed E-state index contributed by atoms with van der Waals surface area (Å²) >= 11 is 0. The number of carbonyl (C=O) groups excluding carboxylic acids is 1. The molecule has 334 valence electrons. The largest absolute Gasteiger partial charge is 0.478 e. The Kier molecular flexibility index (Phi) is 11.1. The number of hydrogen-bond acceptors (Lipinski definition) is 11. The van der Waals surface area contributed by atoms with Crippen molar-refractivity contribution in [3.8, 4) is 22.3 Å². The smallest absolute Gasteiger partial charge is 0.341 e. The number of pyridine rings is 2. The number of ether oxygens (including phenoxy) is 1. The fourth-order valence-electron chi connectivity index (χ4n) is 7.84. The lowest BCUT2D eigenvalue weighted by atomic mass is 9.99. The number of fused-ring (bicyclic) bond motifs is 4. The van der Waals surface area contributed by atoms with Crippen LogP contribution in [-0.4, -0.2) is 72.8 Å². The highest BCUT2D eigenvalue weighted by Crippen LogP contribution is 2.32. The summed E-state index contributed by atoms with van der Waals surface area (Å²) in [5.74, 6) is -5.48. The maximum absolute atomic E-state index is 15.2. The van der Waals surface area contributed by atoms with E-state index in [1.807, 2.05) is 6.07 Å². The first kappa shape index (κ1) is 43.3. The molecule has 67 heavy (non-hydrogen) atoms. The lowest BCUT2D eigenvalue weighted by Gasteiger charge is -2.13. The van der Waals surface area contributed by atoms with E-state index in [0.29, 0.717) is 33.3 Å². The number of aryl methyl sites for hydroxylation is 2. The van der Waals surface area contributed by atoms with Crippen LogP contribution in [0.15, 0.2) is 120 Å². The summed E-state index contributed by atoms with van der Waals surface area (Å²) in [6, 6.07) is 15.4. The van der Waals surface area contributed by atoms with E-state index < -0.39 is 59.4 Å². The average molecular weight is 909 g/mol. The van der Waals surface area contributed by atoms with Crippen molar-refractivity contribution in [1.29, 1.82) is 0 Å². The van der Waals surface area contributed by atoms with Crippen LogP contribution >= 0.6 is 0 Å². The van der Waals surface area contributed by atoms with Gasteiger partial charge in [0.2, 0.25) is 0 Å². The second-order valence-electron chi connectivity index (χ2n) is 15.2. The Morgan fingerprint density at radius 2 is 0.970 bits per heavy atom. The highest BCUT2D eigenvalue weighted by molar-refractivity contribution is 6.01. The zero-order valence-electron chi connectivity index (χ0n) is 35.3. The molecule has 1 N–H and O–H groups in total. The van der Waals surface area contributed by atoms with Crippen molar-refractivity contribution in [1.82, 2.24) is 48.6 Å². The molecule has 6 heterocycles. The van der Waals surface area contributed by atoms with Crippen LogP contribution in [-0.2, 0) is 31.9 Å². The minimum absolute atomic E-state index is 0.0362. The molecule has 0 radical (unpaired) electrons. The Balaban J connectivity index is 0.000000168. The SMILES string of the molecule is COC(=O)c1cn(Cc2c(F)cc(-c3cccc4nn(C)cc34)cc2F)c(=O)c2nccnc12.Cn1cc2c(-c3cc(F)c(Cn4cc(C(=O)O)c5nccnc5c4=O)c(F)c3)cccc2n1. The third-order valence-corrected chi connectivity index (χ3v) is 10.9. The predicted molar refractivity (Wildman–Crippen MR) is 236 cm³/mol. The first-order valence-electron chi connectivity index (χ1n) is 20.0. The number of rotatable bonds is 8. The van der Waals surface area contributed by atoms with Gasteiger partial charge in [-0.15, -0.1) is 0 Å². The Hall–Kier alpha value is -8.94.